The molecular formula is C10H18N2. The van der Waals surface area contributed by atoms with Crippen molar-refractivity contribution in [3.63, 3.8) is 0 Å². The molecule has 3 aliphatic rings. The van der Waals surface area contributed by atoms with Gasteiger partial charge in [0.1, 0.15) is 0 Å². The fourth-order valence-electron chi connectivity index (χ4n) is 3.54. The highest BCUT2D eigenvalue weighted by Gasteiger charge is 2.63. The minimum Gasteiger partial charge on any atom is -0.297 e. The molecule has 0 aromatic heterocycles. The highest BCUT2D eigenvalue weighted by molar-refractivity contribution is 5.17. The fraction of sp³-hybridized carbons (Fsp3) is 1.00. The molecule has 3 heterocycles. The normalized spacial score (nSPS) is 63.2. The predicted octanol–water partition coefficient (Wildman–Crippen LogP) is 0.783. The third kappa shape index (κ3) is 0.579. The van der Waals surface area contributed by atoms with Gasteiger partial charge in [0, 0.05) is 43.2 Å². The van der Waals surface area contributed by atoms with E-state index < -0.39 is 0 Å². The number of rotatable bonds is 0. The summed E-state index contributed by atoms with van der Waals surface area (Å²) in [5.74, 6) is 0. The van der Waals surface area contributed by atoms with Crippen LogP contribution in [0.15, 0.2) is 0 Å². The van der Waals surface area contributed by atoms with E-state index in [1.165, 1.54) is 19.6 Å². The molecule has 0 aromatic carbocycles. The summed E-state index contributed by atoms with van der Waals surface area (Å²) < 4.78 is 0. The predicted molar refractivity (Wildman–Crippen MR) is 49.1 cm³/mol. The summed E-state index contributed by atoms with van der Waals surface area (Å²) in [6, 6.07) is 2.52. The van der Waals surface area contributed by atoms with Crippen LogP contribution >= 0.6 is 0 Å². The first kappa shape index (κ1) is 7.34. The van der Waals surface area contributed by atoms with Crippen molar-refractivity contribution in [2.45, 2.75) is 38.9 Å². The molecule has 3 fully saturated rings. The third-order valence-electron chi connectivity index (χ3n) is 4.66. The van der Waals surface area contributed by atoms with Gasteiger partial charge in [0.2, 0.25) is 0 Å². The molecular weight excluding hydrogens is 148 g/mol. The highest BCUT2D eigenvalue weighted by Crippen LogP contribution is 2.52. The first-order valence-corrected chi connectivity index (χ1v) is 5.13. The summed E-state index contributed by atoms with van der Waals surface area (Å²) in [4.78, 5) is 5.37. The molecule has 3 rings (SSSR count). The van der Waals surface area contributed by atoms with Crippen LogP contribution in [0.4, 0.5) is 0 Å². The number of piperazine rings is 1. The molecule has 68 valence electrons. The van der Waals surface area contributed by atoms with Crippen molar-refractivity contribution in [2.75, 3.05) is 19.6 Å². The van der Waals surface area contributed by atoms with E-state index in [9.17, 15) is 0 Å². The van der Waals surface area contributed by atoms with E-state index in [0.717, 1.165) is 18.1 Å². The average Bonchev–Trinajstić information content (AvgIpc) is 2.27. The minimum atomic E-state index is 0.630. The molecule has 2 nitrogen and oxygen atoms in total. The molecule has 3 aliphatic heterocycles. The Morgan fingerprint density at radius 2 is 2.00 bits per heavy atom. The lowest BCUT2D eigenvalue weighted by Gasteiger charge is -2.58. The Labute approximate surface area is 74.5 Å². The average molecular weight is 166 g/mol. The smallest absolute Gasteiger partial charge is 0.0307 e. The van der Waals surface area contributed by atoms with E-state index in [0.29, 0.717) is 5.41 Å². The maximum absolute atomic E-state index is 2.70. The van der Waals surface area contributed by atoms with Crippen LogP contribution in [0.1, 0.15) is 20.8 Å². The zero-order valence-electron chi connectivity index (χ0n) is 8.25. The van der Waals surface area contributed by atoms with Gasteiger partial charge in [0.05, 0.1) is 0 Å². The van der Waals surface area contributed by atoms with Gasteiger partial charge in [0.15, 0.2) is 0 Å². The topological polar surface area (TPSA) is 6.48 Å². The van der Waals surface area contributed by atoms with Crippen LogP contribution in [0.25, 0.3) is 0 Å². The lowest BCUT2D eigenvalue weighted by molar-refractivity contribution is -0.0919. The molecule has 0 aliphatic carbocycles. The van der Waals surface area contributed by atoms with Crippen LogP contribution in [0, 0.1) is 5.41 Å². The summed E-state index contributed by atoms with van der Waals surface area (Å²) in [5.41, 5.74) is 0.630. The largest absolute Gasteiger partial charge is 0.297 e. The third-order valence-corrected chi connectivity index (χ3v) is 4.66. The Morgan fingerprint density at radius 3 is 2.75 bits per heavy atom. The van der Waals surface area contributed by atoms with Gasteiger partial charge in [-0.3, -0.25) is 9.80 Å². The summed E-state index contributed by atoms with van der Waals surface area (Å²) in [6.45, 7) is 11.2. The van der Waals surface area contributed by atoms with Crippen molar-refractivity contribution in [3.05, 3.63) is 0 Å². The first-order chi connectivity index (χ1) is 5.63. The van der Waals surface area contributed by atoms with Crippen molar-refractivity contribution in [1.29, 1.82) is 0 Å². The van der Waals surface area contributed by atoms with Gasteiger partial charge >= 0.3 is 0 Å². The standard InChI is InChI=1S/C10H18N2/c1-7-4-12-8(2)10(3)6-11(7)5-9(10)12/h7-9H,4-6H2,1-3H3. The summed E-state index contributed by atoms with van der Waals surface area (Å²) in [6.07, 6.45) is 0. The van der Waals surface area contributed by atoms with Crippen LogP contribution in [0.3, 0.4) is 0 Å². The Kier molecular flexibility index (Phi) is 1.15. The fourth-order valence-corrected chi connectivity index (χ4v) is 3.54. The van der Waals surface area contributed by atoms with Crippen molar-refractivity contribution in [2.24, 2.45) is 5.41 Å². The lowest BCUT2D eigenvalue weighted by Crippen LogP contribution is -2.70. The van der Waals surface area contributed by atoms with Gasteiger partial charge in [-0.05, 0) is 13.8 Å². The van der Waals surface area contributed by atoms with Crippen molar-refractivity contribution < 1.29 is 0 Å². The van der Waals surface area contributed by atoms with E-state index in [1.807, 2.05) is 0 Å². The van der Waals surface area contributed by atoms with Gasteiger partial charge in [-0.15, -0.1) is 0 Å². The molecule has 5 unspecified atom stereocenters. The van der Waals surface area contributed by atoms with Crippen LogP contribution in [-0.2, 0) is 0 Å². The summed E-state index contributed by atoms with van der Waals surface area (Å²) >= 11 is 0. The van der Waals surface area contributed by atoms with E-state index in [1.54, 1.807) is 0 Å². The van der Waals surface area contributed by atoms with Gasteiger partial charge in [-0.25, -0.2) is 0 Å². The maximum Gasteiger partial charge on any atom is 0.0307 e. The second-order valence-corrected chi connectivity index (χ2v) is 5.17. The summed E-state index contributed by atoms with van der Waals surface area (Å²) in [5, 5.41) is 0. The highest BCUT2D eigenvalue weighted by atomic mass is 15.4. The summed E-state index contributed by atoms with van der Waals surface area (Å²) in [7, 11) is 0. The van der Waals surface area contributed by atoms with Gasteiger partial charge in [0.25, 0.3) is 0 Å². The lowest BCUT2D eigenvalue weighted by atomic mass is 9.69. The minimum absolute atomic E-state index is 0.630. The molecule has 0 aromatic rings. The van der Waals surface area contributed by atoms with Crippen LogP contribution in [0.5, 0.6) is 0 Å². The second kappa shape index (κ2) is 1.88. The first-order valence-electron chi connectivity index (χ1n) is 5.13. The molecule has 2 heteroatoms. The maximum atomic E-state index is 2.70. The number of hydrogen-bond donors (Lipinski definition) is 0. The Balaban J connectivity index is 1.98. The zero-order chi connectivity index (χ0) is 8.51. The molecule has 0 N–H and O–H groups in total. The quantitative estimate of drug-likeness (QED) is 0.525. The van der Waals surface area contributed by atoms with Crippen molar-refractivity contribution in [1.82, 2.24) is 9.80 Å². The van der Waals surface area contributed by atoms with Gasteiger partial charge in [-0.1, -0.05) is 6.92 Å². The second-order valence-electron chi connectivity index (χ2n) is 5.17. The molecule has 0 amide bonds. The van der Waals surface area contributed by atoms with Crippen molar-refractivity contribution in [3.8, 4) is 0 Å². The molecule has 2 bridgehead atoms. The van der Waals surface area contributed by atoms with Crippen LogP contribution in [0.2, 0.25) is 0 Å². The van der Waals surface area contributed by atoms with E-state index >= 15 is 0 Å². The number of hydrogen-bond acceptors (Lipinski definition) is 2. The number of nitrogens with zero attached hydrogens (tertiary/aromatic N) is 2. The Hall–Kier alpha value is -0.0800. The van der Waals surface area contributed by atoms with Crippen molar-refractivity contribution >= 4 is 0 Å². The molecule has 3 saturated heterocycles. The molecule has 0 radical (unpaired) electrons. The molecule has 0 saturated carbocycles. The van der Waals surface area contributed by atoms with Crippen LogP contribution < -0.4 is 0 Å². The van der Waals surface area contributed by atoms with Gasteiger partial charge < -0.3 is 0 Å². The molecule has 0 spiro atoms. The van der Waals surface area contributed by atoms with Gasteiger partial charge in [-0.2, -0.15) is 0 Å². The SMILES string of the molecule is CC1CN2C(C)C3(C)CN1CC23. The van der Waals surface area contributed by atoms with E-state index in [-0.39, 0.29) is 0 Å². The Morgan fingerprint density at radius 1 is 1.25 bits per heavy atom. The molecule has 12 heavy (non-hydrogen) atoms. The zero-order valence-corrected chi connectivity index (χ0v) is 8.25. The van der Waals surface area contributed by atoms with Crippen LogP contribution in [-0.4, -0.2) is 47.6 Å². The van der Waals surface area contributed by atoms with E-state index in [2.05, 4.69) is 30.6 Å². The number of fused-ring (bicyclic) bond motifs is 1. The van der Waals surface area contributed by atoms with E-state index in [4.69, 9.17) is 0 Å². The Bertz CT molecular complexity index is 228. The monoisotopic (exact) mass is 166 g/mol. The molecule has 5 atom stereocenters.